The molecule has 0 bridgehead atoms. The van der Waals surface area contributed by atoms with Crippen molar-refractivity contribution in [1.29, 1.82) is 0 Å². The summed E-state index contributed by atoms with van der Waals surface area (Å²) < 4.78 is 10.8. The van der Waals surface area contributed by atoms with Crippen LogP contribution in [0.3, 0.4) is 0 Å². The molecule has 1 aromatic carbocycles. The first-order valence-corrected chi connectivity index (χ1v) is 7.77. The number of hydrogen-bond acceptors (Lipinski definition) is 4. The molecule has 0 aliphatic carbocycles. The predicted molar refractivity (Wildman–Crippen MR) is 78.0 cm³/mol. The summed E-state index contributed by atoms with van der Waals surface area (Å²) in [6.07, 6.45) is 3.67. The van der Waals surface area contributed by atoms with Crippen molar-refractivity contribution in [3.63, 3.8) is 0 Å². The molecule has 1 aliphatic rings. The van der Waals surface area contributed by atoms with Crippen LogP contribution in [-0.2, 0) is 17.6 Å². The van der Waals surface area contributed by atoms with Crippen molar-refractivity contribution in [2.24, 2.45) is 0 Å². The van der Waals surface area contributed by atoms with Crippen LogP contribution in [0.25, 0.3) is 0 Å². The molecule has 106 valence electrons. The second-order valence-electron chi connectivity index (χ2n) is 4.97. The van der Waals surface area contributed by atoms with Crippen molar-refractivity contribution in [3.05, 3.63) is 51.4 Å². The molecule has 3 rings (SSSR count). The summed E-state index contributed by atoms with van der Waals surface area (Å²) in [4.78, 5) is 0. The standard InChI is InChI=1S/C14H15ClN2O2S/c15-11-5-3-10(4-6-11)8-14-13(16-20-17(14)18)9-12-2-1-7-19-12/h3-6,12H,1-2,7-9H2. The van der Waals surface area contributed by atoms with Gasteiger partial charge in [0.2, 0.25) is 5.69 Å². The highest BCUT2D eigenvalue weighted by atomic mass is 35.5. The van der Waals surface area contributed by atoms with Gasteiger partial charge in [-0.2, -0.15) is 4.12 Å². The molecular weight excluding hydrogens is 296 g/mol. The van der Waals surface area contributed by atoms with Crippen LogP contribution in [-0.4, -0.2) is 17.1 Å². The van der Waals surface area contributed by atoms with E-state index in [1.807, 2.05) is 24.3 Å². The molecule has 1 atom stereocenters. The zero-order valence-corrected chi connectivity index (χ0v) is 12.5. The van der Waals surface area contributed by atoms with E-state index in [4.69, 9.17) is 16.3 Å². The van der Waals surface area contributed by atoms with Gasteiger partial charge in [-0.25, -0.2) is 0 Å². The zero-order valence-electron chi connectivity index (χ0n) is 10.9. The van der Waals surface area contributed by atoms with E-state index >= 15 is 0 Å². The van der Waals surface area contributed by atoms with Crippen molar-refractivity contribution >= 4 is 23.3 Å². The highest BCUT2D eigenvalue weighted by Gasteiger charge is 2.25. The van der Waals surface area contributed by atoms with Gasteiger partial charge in [0.1, 0.15) is 0 Å². The minimum Gasteiger partial charge on any atom is -0.700 e. The van der Waals surface area contributed by atoms with E-state index in [1.54, 1.807) is 0 Å². The van der Waals surface area contributed by atoms with Crippen molar-refractivity contribution in [1.82, 2.24) is 4.37 Å². The van der Waals surface area contributed by atoms with Crippen molar-refractivity contribution in [2.45, 2.75) is 31.8 Å². The highest BCUT2D eigenvalue weighted by Crippen LogP contribution is 2.20. The average Bonchev–Trinajstić information content (AvgIpc) is 3.06. The number of nitrogens with zero attached hydrogens (tertiary/aromatic N) is 2. The third kappa shape index (κ3) is 3.11. The molecule has 0 spiro atoms. The number of halogens is 1. The van der Waals surface area contributed by atoms with Crippen molar-refractivity contribution in [3.8, 4) is 0 Å². The van der Waals surface area contributed by atoms with Gasteiger partial charge < -0.3 is 9.94 Å². The second kappa shape index (κ2) is 6.08. The first-order valence-electron chi connectivity index (χ1n) is 6.66. The van der Waals surface area contributed by atoms with Gasteiger partial charge in [0.05, 0.1) is 6.10 Å². The Morgan fingerprint density at radius 2 is 2.20 bits per heavy atom. The number of rotatable bonds is 4. The Bertz CT molecular complexity index is 579. The molecule has 2 heterocycles. The SMILES string of the molecule is [O-][n+]1snc(CC2CCCO2)c1Cc1ccc(Cl)cc1. The van der Waals surface area contributed by atoms with Gasteiger partial charge in [-0.1, -0.05) is 23.7 Å². The van der Waals surface area contributed by atoms with Gasteiger partial charge in [0.25, 0.3) is 11.7 Å². The van der Waals surface area contributed by atoms with E-state index in [9.17, 15) is 5.21 Å². The van der Waals surface area contributed by atoms with Crippen molar-refractivity contribution in [2.75, 3.05) is 6.61 Å². The Morgan fingerprint density at radius 3 is 2.90 bits per heavy atom. The van der Waals surface area contributed by atoms with Crippen LogP contribution < -0.4 is 4.12 Å². The minimum atomic E-state index is 0.209. The molecule has 4 nitrogen and oxygen atoms in total. The number of benzene rings is 1. The van der Waals surface area contributed by atoms with Crippen LogP contribution in [0.4, 0.5) is 0 Å². The minimum absolute atomic E-state index is 0.209. The molecule has 0 radical (unpaired) electrons. The first-order chi connectivity index (χ1) is 9.72. The Hall–Kier alpha value is -1.17. The second-order valence-corrected chi connectivity index (χ2v) is 6.08. The lowest BCUT2D eigenvalue weighted by atomic mass is 10.0. The Labute approximate surface area is 126 Å². The van der Waals surface area contributed by atoms with Gasteiger partial charge >= 0.3 is 0 Å². The van der Waals surface area contributed by atoms with Crippen LogP contribution in [0.5, 0.6) is 0 Å². The largest absolute Gasteiger partial charge is 0.700 e. The summed E-state index contributed by atoms with van der Waals surface area (Å²) in [6, 6.07) is 7.56. The maximum Gasteiger partial charge on any atom is 0.281 e. The summed E-state index contributed by atoms with van der Waals surface area (Å²) in [5.74, 6) is 0. The predicted octanol–water partition coefficient (Wildman–Crippen LogP) is 2.74. The lowest BCUT2D eigenvalue weighted by Crippen LogP contribution is -2.27. The monoisotopic (exact) mass is 310 g/mol. The Morgan fingerprint density at radius 1 is 1.40 bits per heavy atom. The van der Waals surface area contributed by atoms with Crippen LogP contribution in [0, 0.1) is 5.21 Å². The molecule has 1 aromatic heterocycles. The molecule has 1 fully saturated rings. The molecule has 1 aliphatic heterocycles. The molecule has 1 saturated heterocycles. The molecule has 0 amide bonds. The molecular formula is C14H15ClN2O2S. The zero-order chi connectivity index (χ0) is 13.9. The van der Waals surface area contributed by atoms with Gasteiger partial charge in [-0.15, -0.1) is 0 Å². The Kier molecular flexibility index (Phi) is 4.19. The number of ether oxygens (including phenoxy) is 1. The normalized spacial score (nSPS) is 18.6. The van der Waals surface area contributed by atoms with Crippen LogP contribution in [0.2, 0.25) is 5.02 Å². The number of hydrogen-bond donors (Lipinski definition) is 0. The van der Waals surface area contributed by atoms with E-state index in [-0.39, 0.29) is 6.10 Å². The fourth-order valence-electron chi connectivity index (χ4n) is 2.43. The molecule has 0 N–H and O–H groups in total. The summed E-state index contributed by atoms with van der Waals surface area (Å²) in [6.45, 7) is 0.818. The lowest BCUT2D eigenvalue weighted by molar-refractivity contribution is -0.539. The summed E-state index contributed by atoms with van der Waals surface area (Å²) >= 11 is 6.84. The summed E-state index contributed by atoms with van der Waals surface area (Å²) in [5, 5.41) is 12.6. The molecule has 1 unspecified atom stereocenters. The lowest BCUT2D eigenvalue weighted by Gasteiger charge is -2.07. The summed E-state index contributed by atoms with van der Waals surface area (Å²) in [5.41, 5.74) is 2.66. The van der Waals surface area contributed by atoms with E-state index in [0.29, 0.717) is 11.4 Å². The van der Waals surface area contributed by atoms with Gasteiger partial charge in [-0.05, 0) is 30.5 Å². The molecule has 6 heteroatoms. The third-order valence-electron chi connectivity index (χ3n) is 3.51. The maximum atomic E-state index is 11.9. The van der Waals surface area contributed by atoms with Gasteiger partial charge in [-0.3, -0.25) is 0 Å². The topological polar surface area (TPSA) is 49.1 Å². The fraction of sp³-hybridized carbons (Fsp3) is 0.429. The van der Waals surface area contributed by atoms with E-state index in [0.717, 1.165) is 58.7 Å². The van der Waals surface area contributed by atoms with E-state index in [1.165, 1.54) is 0 Å². The maximum absolute atomic E-state index is 11.9. The Balaban J connectivity index is 1.77. The smallest absolute Gasteiger partial charge is 0.281 e. The molecule has 2 aromatic rings. The van der Waals surface area contributed by atoms with E-state index in [2.05, 4.69) is 4.37 Å². The van der Waals surface area contributed by atoms with Crippen LogP contribution >= 0.6 is 23.3 Å². The molecule has 20 heavy (non-hydrogen) atoms. The average molecular weight is 311 g/mol. The third-order valence-corrected chi connectivity index (χ3v) is 4.43. The first kappa shape index (κ1) is 13.8. The number of aromatic nitrogens is 2. The van der Waals surface area contributed by atoms with Gasteiger partial charge in [0, 0.05) is 28.8 Å². The van der Waals surface area contributed by atoms with Gasteiger partial charge in [0.15, 0.2) is 5.69 Å². The fourth-order valence-corrected chi connectivity index (χ4v) is 3.18. The quantitative estimate of drug-likeness (QED) is 0.644. The highest BCUT2D eigenvalue weighted by molar-refractivity contribution is 6.95. The van der Waals surface area contributed by atoms with Crippen LogP contribution in [0.1, 0.15) is 29.8 Å². The van der Waals surface area contributed by atoms with E-state index < -0.39 is 0 Å². The summed E-state index contributed by atoms with van der Waals surface area (Å²) in [7, 11) is 0. The van der Waals surface area contributed by atoms with Crippen LogP contribution in [0.15, 0.2) is 24.3 Å². The molecule has 0 saturated carbocycles. The van der Waals surface area contributed by atoms with Crippen molar-refractivity contribution < 1.29 is 8.86 Å².